The van der Waals surface area contributed by atoms with Gasteiger partial charge in [0.05, 0.1) is 26.4 Å². The van der Waals surface area contributed by atoms with Crippen LogP contribution in [-0.2, 0) is 65.4 Å². The molecule has 0 aliphatic rings. The zero-order chi connectivity index (χ0) is 76.7. The first-order valence-electron chi connectivity index (χ1n) is 43.7. The van der Waals surface area contributed by atoms with Gasteiger partial charge in [-0.1, -0.05) is 389 Å². The average molecular weight is 1520 g/mol. The van der Waals surface area contributed by atoms with Crippen molar-refractivity contribution in [3.8, 4) is 0 Å². The number of aliphatic hydroxyl groups is 1. The third-order valence-corrected chi connectivity index (χ3v) is 21.7. The van der Waals surface area contributed by atoms with Gasteiger partial charge in [0, 0.05) is 25.7 Å². The van der Waals surface area contributed by atoms with E-state index < -0.39 is 97.5 Å². The highest BCUT2D eigenvalue weighted by Gasteiger charge is 2.30. The Labute approximate surface area is 638 Å². The Morgan fingerprint density at radius 2 is 0.404 bits per heavy atom. The maximum Gasteiger partial charge on any atom is 0.472 e. The number of carbonyl (C=O) groups excluding carboxylic acids is 4. The minimum atomic E-state index is -4.97. The van der Waals surface area contributed by atoms with E-state index in [1.165, 1.54) is 238 Å². The molecule has 0 radical (unpaired) electrons. The van der Waals surface area contributed by atoms with E-state index in [9.17, 15) is 43.2 Å². The van der Waals surface area contributed by atoms with Crippen molar-refractivity contribution in [2.24, 2.45) is 23.7 Å². The summed E-state index contributed by atoms with van der Waals surface area (Å²) in [6.07, 6.45) is 62.7. The van der Waals surface area contributed by atoms with Crippen LogP contribution >= 0.6 is 15.6 Å². The zero-order valence-electron chi connectivity index (χ0n) is 68.7. The number of rotatable bonds is 82. The number of phosphoric ester groups is 2. The largest absolute Gasteiger partial charge is 0.472 e. The summed E-state index contributed by atoms with van der Waals surface area (Å²) in [4.78, 5) is 73.1. The minimum absolute atomic E-state index is 0.107. The number of unbranched alkanes of at least 4 members (excludes halogenated alkanes) is 48. The summed E-state index contributed by atoms with van der Waals surface area (Å²) in [6, 6.07) is 0. The summed E-state index contributed by atoms with van der Waals surface area (Å²) in [6.45, 7) is 14.3. The molecule has 0 aromatic heterocycles. The molecule has 0 aromatic carbocycles. The highest BCUT2D eigenvalue weighted by atomic mass is 31.2. The molecule has 0 saturated carbocycles. The first-order valence-corrected chi connectivity index (χ1v) is 46.7. The van der Waals surface area contributed by atoms with Crippen molar-refractivity contribution in [3.63, 3.8) is 0 Å². The van der Waals surface area contributed by atoms with Crippen LogP contribution < -0.4 is 0 Å². The van der Waals surface area contributed by atoms with Gasteiger partial charge >= 0.3 is 39.5 Å². The second-order valence-corrected chi connectivity index (χ2v) is 35.4. The van der Waals surface area contributed by atoms with Gasteiger partial charge in [-0.05, 0) is 49.4 Å². The number of phosphoric acid groups is 2. The topological polar surface area (TPSA) is 237 Å². The fraction of sp³-hybridized carbons (Fsp3) is 0.953. The predicted molar refractivity (Wildman–Crippen MR) is 428 cm³/mol. The Morgan fingerprint density at radius 1 is 0.240 bits per heavy atom. The molecule has 3 unspecified atom stereocenters. The lowest BCUT2D eigenvalue weighted by Crippen LogP contribution is -2.30. The molecule has 3 N–H and O–H groups in total. The summed E-state index contributed by atoms with van der Waals surface area (Å²) in [7, 11) is -9.93. The van der Waals surface area contributed by atoms with E-state index in [0.717, 1.165) is 114 Å². The van der Waals surface area contributed by atoms with E-state index in [-0.39, 0.29) is 25.7 Å². The van der Waals surface area contributed by atoms with Crippen molar-refractivity contribution < 1.29 is 80.2 Å². The number of ether oxygens (including phenoxy) is 4. The monoisotopic (exact) mass is 1520 g/mol. The first-order chi connectivity index (χ1) is 50.1. The number of hydrogen-bond donors (Lipinski definition) is 3. The van der Waals surface area contributed by atoms with E-state index in [1.807, 2.05) is 0 Å². The fourth-order valence-electron chi connectivity index (χ4n) is 13.1. The molecule has 17 nitrogen and oxygen atoms in total. The molecule has 0 saturated heterocycles. The van der Waals surface area contributed by atoms with Gasteiger partial charge in [-0.2, -0.15) is 0 Å². The van der Waals surface area contributed by atoms with Crippen LogP contribution in [0.25, 0.3) is 0 Å². The lowest BCUT2D eigenvalue weighted by Gasteiger charge is -2.21. The van der Waals surface area contributed by atoms with E-state index in [1.54, 1.807) is 0 Å². The predicted octanol–water partition coefficient (Wildman–Crippen LogP) is 25.6. The summed E-state index contributed by atoms with van der Waals surface area (Å²) in [5, 5.41) is 10.7. The van der Waals surface area contributed by atoms with Crippen LogP contribution in [0.2, 0.25) is 0 Å². The van der Waals surface area contributed by atoms with Crippen LogP contribution in [0.1, 0.15) is 441 Å². The molecular formula is C85H166O17P2. The average Bonchev–Trinajstić information content (AvgIpc) is 0.914. The molecule has 0 aliphatic heterocycles. The molecule has 0 amide bonds. The summed E-state index contributed by atoms with van der Waals surface area (Å²) in [5.41, 5.74) is 0. The van der Waals surface area contributed by atoms with Gasteiger partial charge in [0.2, 0.25) is 0 Å². The number of carbonyl (C=O) groups is 4. The third kappa shape index (κ3) is 78.2. The van der Waals surface area contributed by atoms with E-state index in [2.05, 4.69) is 55.4 Å². The van der Waals surface area contributed by atoms with Gasteiger partial charge in [0.15, 0.2) is 12.2 Å². The molecule has 0 rings (SSSR count). The maximum absolute atomic E-state index is 13.1. The van der Waals surface area contributed by atoms with Crippen molar-refractivity contribution >= 4 is 39.5 Å². The normalized spacial score (nSPS) is 14.0. The summed E-state index contributed by atoms with van der Waals surface area (Å²) >= 11 is 0. The molecule has 0 heterocycles. The van der Waals surface area contributed by atoms with Crippen molar-refractivity contribution in [2.75, 3.05) is 39.6 Å². The zero-order valence-corrected chi connectivity index (χ0v) is 70.5. The minimum Gasteiger partial charge on any atom is -0.462 e. The Kier molecular flexibility index (Phi) is 72.5. The molecule has 5 atom stereocenters. The van der Waals surface area contributed by atoms with Crippen LogP contribution in [-0.4, -0.2) is 96.7 Å². The number of esters is 4. The highest BCUT2D eigenvalue weighted by molar-refractivity contribution is 7.47. The van der Waals surface area contributed by atoms with Crippen LogP contribution in [0.5, 0.6) is 0 Å². The van der Waals surface area contributed by atoms with E-state index in [4.69, 9.17) is 37.0 Å². The quantitative estimate of drug-likeness (QED) is 0.0222. The Balaban J connectivity index is 5.21. The number of aliphatic hydroxyl groups excluding tert-OH is 1. The Morgan fingerprint density at radius 3 is 0.596 bits per heavy atom. The van der Waals surface area contributed by atoms with Gasteiger partial charge in [-0.15, -0.1) is 0 Å². The first kappa shape index (κ1) is 102. The standard InChI is InChI=1S/C85H166O17P2/c1-75(2)61-53-45-37-31-25-19-13-9-11-15-22-28-34-40-49-57-65-82(87)95-71-80(101-84(89)67-60-52-42-36-30-24-18-17-21-27-33-39-47-55-63-77(5)6)73-99-103(91,92)97-69-79(86)70-98-104(93,94)100-74-81(72-96-83(88)66-58-50-44-43-48-56-64-78(7)8)102-85(90)68-59-51-41-35-29-23-16-12-10-14-20-26-32-38-46-54-62-76(3)4/h75-81,86H,9-74H2,1-8H3,(H,91,92)(H,93,94)/t79?,80-,81-/m1/s1. The Bertz CT molecular complexity index is 2020. The van der Waals surface area contributed by atoms with Crippen LogP contribution in [0, 0.1) is 23.7 Å². The van der Waals surface area contributed by atoms with Crippen molar-refractivity contribution in [1.29, 1.82) is 0 Å². The van der Waals surface area contributed by atoms with Gasteiger partial charge in [-0.25, -0.2) is 9.13 Å². The lowest BCUT2D eigenvalue weighted by atomic mass is 10.0. The molecule has 0 fully saturated rings. The fourth-order valence-corrected chi connectivity index (χ4v) is 14.7. The molecule has 104 heavy (non-hydrogen) atoms. The number of hydrogen-bond acceptors (Lipinski definition) is 15. The lowest BCUT2D eigenvalue weighted by molar-refractivity contribution is -0.161. The Hall–Kier alpha value is -1.94. The molecule has 0 aliphatic carbocycles. The van der Waals surface area contributed by atoms with E-state index >= 15 is 0 Å². The van der Waals surface area contributed by atoms with Gasteiger partial charge in [0.1, 0.15) is 19.3 Å². The van der Waals surface area contributed by atoms with Gasteiger partial charge < -0.3 is 33.8 Å². The van der Waals surface area contributed by atoms with Crippen LogP contribution in [0.3, 0.4) is 0 Å². The van der Waals surface area contributed by atoms with Crippen molar-refractivity contribution in [1.82, 2.24) is 0 Å². The van der Waals surface area contributed by atoms with Gasteiger partial charge in [0.25, 0.3) is 0 Å². The van der Waals surface area contributed by atoms with Gasteiger partial charge in [-0.3, -0.25) is 37.3 Å². The second kappa shape index (κ2) is 73.8. The molecular weight excluding hydrogens is 1350 g/mol. The second-order valence-electron chi connectivity index (χ2n) is 32.5. The van der Waals surface area contributed by atoms with Crippen molar-refractivity contribution in [2.45, 2.75) is 459 Å². The van der Waals surface area contributed by atoms with Crippen LogP contribution in [0.15, 0.2) is 0 Å². The maximum atomic E-state index is 13.1. The molecule has 0 bridgehead atoms. The molecule has 618 valence electrons. The smallest absolute Gasteiger partial charge is 0.462 e. The van der Waals surface area contributed by atoms with Crippen molar-refractivity contribution in [3.05, 3.63) is 0 Å². The SMILES string of the molecule is CC(C)CCCCCCCCCCCCCCCCCCC(=O)OC[C@H](COP(=O)(O)OCC(O)COP(=O)(O)OC[C@@H](COC(=O)CCCCCCCCC(C)C)OC(=O)CCCCCCCCCCCCCCCCCCC(C)C)OC(=O)CCCCCCCCCCCCCCCCC(C)C. The van der Waals surface area contributed by atoms with E-state index in [0.29, 0.717) is 31.6 Å². The van der Waals surface area contributed by atoms with Crippen LogP contribution in [0.4, 0.5) is 0 Å². The molecule has 0 spiro atoms. The third-order valence-electron chi connectivity index (χ3n) is 19.8. The summed E-state index contributed by atoms with van der Waals surface area (Å²) < 4.78 is 68.8. The molecule has 0 aromatic rings. The summed E-state index contributed by atoms with van der Waals surface area (Å²) in [5.74, 6) is 0.986. The highest BCUT2D eigenvalue weighted by Crippen LogP contribution is 2.45. The molecule has 19 heteroatoms.